The Morgan fingerprint density at radius 2 is 1.82 bits per heavy atom. The van der Waals surface area contributed by atoms with Crippen molar-refractivity contribution in [2.24, 2.45) is 5.84 Å². The summed E-state index contributed by atoms with van der Waals surface area (Å²) < 4.78 is 5.39. The van der Waals surface area contributed by atoms with Crippen LogP contribution in [0.15, 0.2) is 48.5 Å². The fourth-order valence-electron chi connectivity index (χ4n) is 2.37. The predicted octanol–water partition coefficient (Wildman–Crippen LogP) is 2.69. The lowest BCUT2D eigenvalue weighted by Gasteiger charge is -2.21. The molecule has 1 aromatic heterocycles. The van der Waals surface area contributed by atoms with E-state index in [1.165, 1.54) is 0 Å². The molecule has 0 spiro atoms. The van der Waals surface area contributed by atoms with E-state index in [9.17, 15) is 0 Å². The van der Waals surface area contributed by atoms with Gasteiger partial charge in [-0.25, -0.2) is 10.8 Å². The molecule has 3 aromatic rings. The first-order chi connectivity index (χ1) is 10.7. The van der Waals surface area contributed by atoms with Crippen LogP contribution in [0.25, 0.3) is 10.9 Å². The molecule has 3 N–H and O–H groups in total. The van der Waals surface area contributed by atoms with Gasteiger partial charge >= 0.3 is 0 Å². The third-order valence-electron chi connectivity index (χ3n) is 3.48. The number of aromatic nitrogens is 2. The summed E-state index contributed by atoms with van der Waals surface area (Å²) in [5.41, 5.74) is 4.25. The zero-order chi connectivity index (χ0) is 15.5. The zero-order valence-electron chi connectivity index (χ0n) is 12.4. The number of rotatable bonds is 4. The molecule has 0 aliphatic carbocycles. The van der Waals surface area contributed by atoms with Crippen LogP contribution in [0.2, 0.25) is 0 Å². The third kappa shape index (κ3) is 2.40. The molecule has 0 amide bonds. The van der Waals surface area contributed by atoms with E-state index >= 15 is 0 Å². The van der Waals surface area contributed by atoms with Gasteiger partial charge in [-0.1, -0.05) is 24.3 Å². The molecule has 1 heterocycles. The number of ether oxygens (including phenoxy) is 1. The summed E-state index contributed by atoms with van der Waals surface area (Å²) in [6.45, 7) is 0. The van der Waals surface area contributed by atoms with E-state index in [0.717, 1.165) is 16.9 Å². The van der Waals surface area contributed by atoms with Gasteiger partial charge < -0.3 is 9.64 Å². The van der Waals surface area contributed by atoms with E-state index in [4.69, 9.17) is 10.6 Å². The third-order valence-corrected chi connectivity index (χ3v) is 3.48. The Bertz CT molecular complexity index is 791. The van der Waals surface area contributed by atoms with Gasteiger partial charge in [0.1, 0.15) is 17.1 Å². The van der Waals surface area contributed by atoms with Crippen LogP contribution < -0.4 is 20.9 Å². The maximum Gasteiger partial charge on any atom is 0.239 e. The monoisotopic (exact) mass is 295 g/mol. The highest BCUT2D eigenvalue weighted by Gasteiger charge is 2.15. The Hall–Kier alpha value is -2.86. The topological polar surface area (TPSA) is 76.3 Å². The second-order valence-corrected chi connectivity index (χ2v) is 4.77. The number of hydrogen-bond acceptors (Lipinski definition) is 6. The molecule has 0 bridgehead atoms. The summed E-state index contributed by atoms with van der Waals surface area (Å²) in [6.07, 6.45) is 0. The van der Waals surface area contributed by atoms with Crippen molar-refractivity contribution in [2.75, 3.05) is 24.5 Å². The standard InChI is InChI=1S/C16H17N5O/c1-21(11-7-4-3-5-8-11)15-12-9-6-10-13(22-2)14(12)18-16(19-15)20-17/h3-10H,17H2,1-2H3,(H,18,19,20). The van der Waals surface area contributed by atoms with E-state index in [2.05, 4.69) is 15.4 Å². The average Bonchev–Trinajstić information content (AvgIpc) is 2.60. The number of nitrogens with one attached hydrogen (secondary N) is 1. The number of para-hydroxylation sites is 2. The second-order valence-electron chi connectivity index (χ2n) is 4.77. The molecule has 3 rings (SSSR count). The van der Waals surface area contributed by atoms with Crippen LogP contribution in [0, 0.1) is 0 Å². The van der Waals surface area contributed by atoms with E-state index in [-0.39, 0.29) is 0 Å². The minimum absolute atomic E-state index is 0.342. The first-order valence-electron chi connectivity index (χ1n) is 6.84. The molecule has 2 aromatic carbocycles. The van der Waals surface area contributed by atoms with Crippen molar-refractivity contribution in [1.82, 2.24) is 9.97 Å². The molecule has 0 atom stereocenters. The lowest BCUT2D eigenvalue weighted by atomic mass is 10.2. The van der Waals surface area contributed by atoms with Crippen LogP contribution in [-0.4, -0.2) is 24.1 Å². The quantitative estimate of drug-likeness (QED) is 0.569. The molecular weight excluding hydrogens is 278 g/mol. The van der Waals surface area contributed by atoms with Gasteiger partial charge in [0.05, 0.1) is 7.11 Å². The fourth-order valence-corrected chi connectivity index (χ4v) is 2.37. The SMILES string of the molecule is COc1cccc2c(N(C)c3ccccc3)nc(NN)nc12. The van der Waals surface area contributed by atoms with Gasteiger partial charge in [0, 0.05) is 18.1 Å². The van der Waals surface area contributed by atoms with E-state index in [1.54, 1.807) is 7.11 Å². The Labute approximate surface area is 128 Å². The predicted molar refractivity (Wildman–Crippen MR) is 88.4 cm³/mol. The van der Waals surface area contributed by atoms with E-state index in [0.29, 0.717) is 17.2 Å². The lowest BCUT2D eigenvalue weighted by molar-refractivity contribution is 0.419. The number of nitrogens with zero attached hydrogens (tertiary/aromatic N) is 3. The molecule has 0 radical (unpaired) electrons. The average molecular weight is 295 g/mol. The highest BCUT2D eigenvalue weighted by atomic mass is 16.5. The van der Waals surface area contributed by atoms with Crippen molar-refractivity contribution in [3.8, 4) is 5.75 Å². The largest absolute Gasteiger partial charge is 0.494 e. The molecule has 0 aliphatic heterocycles. The van der Waals surface area contributed by atoms with Gasteiger partial charge in [-0.05, 0) is 24.3 Å². The highest BCUT2D eigenvalue weighted by Crippen LogP contribution is 2.33. The molecule has 0 saturated carbocycles. The number of hydrazine groups is 1. The maximum atomic E-state index is 5.51. The van der Waals surface area contributed by atoms with Crippen molar-refractivity contribution in [3.63, 3.8) is 0 Å². The second kappa shape index (κ2) is 5.87. The van der Waals surface area contributed by atoms with Crippen molar-refractivity contribution in [3.05, 3.63) is 48.5 Å². The summed E-state index contributed by atoms with van der Waals surface area (Å²) in [6, 6.07) is 15.7. The van der Waals surface area contributed by atoms with Crippen molar-refractivity contribution < 1.29 is 4.74 Å². The normalized spacial score (nSPS) is 10.5. The minimum Gasteiger partial charge on any atom is -0.494 e. The van der Waals surface area contributed by atoms with Crippen LogP contribution in [0.5, 0.6) is 5.75 Å². The Morgan fingerprint density at radius 1 is 1.05 bits per heavy atom. The van der Waals surface area contributed by atoms with Gasteiger partial charge in [0.25, 0.3) is 0 Å². The number of benzene rings is 2. The number of nitrogen functional groups attached to an aromatic ring is 1. The first-order valence-corrected chi connectivity index (χ1v) is 6.84. The highest BCUT2D eigenvalue weighted by molar-refractivity contribution is 5.95. The molecule has 0 saturated heterocycles. The van der Waals surface area contributed by atoms with Crippen molar-refractivity contribution in [2.45, 2.75) is 0 Å². The molecule has 112 valence electrons. The van der Waals surface area contributed by atoms with Crippen LogP contribution in [0.4, 0.5) is 17.5 Å². The number of nitrogens with two attached hydrogens (primary N) is 1. The molecule has 6 heteroatoms. The lowest BCUT2D eigenvalue weighted by Crippen LogP contribution is -2.16. The number of hydrogen-bond donors (Lipinski definition) is 2. The van der Waals surface area contributed by atoms with Crippen LogP contribution in [0.3, 0.4) is 0 Å². The Morgan fingerprint density at radius 3 is 2.50 bits per heavy atom. The molecule has 0 fully saturated rings. The summed E-state index contributed by atoms with van der Waals surface area (Å²) in [7, 11) is 3.57. The van der Waals surface area contributed by atoms with Crippen LogP contribution in [0.1, 0.15) is 0 Å². The molecule has 0 aliphatic rings. The fraction of sp³-hybridized carbons (Fsp3) is 0.125. The number of anilines is 3. The number of methoxy groups -OCH3 is 1. The van der Waals surface area contributed by atoms with Gasteiger partial charge in [-0.15, -0.1) is 0 Å². The van der Waals surface area contributed by atoms with Gasteiger partial charge in [-0.3, -0.25) is 5.43 Å². The summed E-state index contributed by atoms with van der Waals surface area (Å²) in [5, 5.41) is 0.893. The summed E-state index contributed by atoms with van der Waals surface area (Å²) in [5.74, 6) is 7.28. The minimum atomic E-state index is 0.342. The van der Waals surface area contributed by atoms with Gasteiger partial charge in [0.2, 0.25) is 5.95 Å². The smallest absolute Gasteiger partial charge is 0.239 e. The van der Waals surface area contributed by atoms with Crippen LogP contribution in [-0.2, 0) is 0 Å². The summed E-state index contributed by atoms with van der Waals surface area (Å²) in [4.78, 5) is 10.9. The zero-order valence-corrected chi connectivity index (χ0v) is 12.4. The molecular formula is C16H17N5O. The maximum absolute atomic E-state index is 5.51. The van der Waals surface area contributed by atoms with Crippen LogP contribution >= 0.6 is 0 Å². The molecule has 0 unspecified atom stereocenters. The Kier molecular flexibility index (Phi) is 3.76. The Balaban J connectivity index is 2.24. The molecule has 22 heavy (non-hydrogen) atoms. The van der Waals surface area contributed by atoms with E-state index in [1.807, 2.05) is 60.5 Å². The van der Waals surface area contributed by atoms with Crippen molar-refractivity contribution in [1.29, 1.82) is 0 Å². The van der Waals surface area contributed by atoms with E-state index < -0.39 is 0 Å². The van der Waals surface area contributed by atoms with Gasteiger partial charge in [-0.2, -0.15) is 4.98 Å². The molecule has 6 nitrogen and oxygen atoms in total. The van der Waals surface area contributed by atoms with Gasteiger partial charge in [0.15, 0.2) is 0 Å². The summed E-state index contributed by atoms with van der Waals surface area (Å²) >= 11 is 0. The van der Waals surface area contributed by atoms with Crippen molar-refractivity contribution >= 4 is 28.4 Å². The first kappa shape index (κ1) is 14.1. The number of fused-ring (bicyclic) bond motifs is 1.